The fraction of sp³-hybridized carbons (Fsp3) is 0.778. The van der Waals surface area contributed by atoms with Gasteiger partial charge in [-0.3, -0.25) is 9.69 Å². The van der Waals surface area contributed by atoms with E-state index in [0.29, 0.717) is 12.8 Å². The minimum atomic E-state index is -0.800. The molecule has 0 spiro atoms. The Morgan fingerprint density at radius 2 is 2.54 bits per heavy atom. The molecular formula is C9H14N2O2. The van der Waals surface area contributed by atoms with Crippen molar-refractivity contribution in [2.75, 3.05) is 6.54 Å². The normalized spacial score (nSPS) is 25.4. The predicted molar refractivity (Wildman–Crippen MR) is 47.1 cm³/mol. The Balaban J connectivity index is 2.68. The number of hydrogen-bond donors (Lipinski definition) is 1. The van der Waals surface area contributed by atoms with Gasteiger partial charge >= 0.3 is 5.97 Å². The third-order valence-electron chi connectivity index (χ3n) is 2.52. The Bertz CT molecular complexity index is 234. The van der Waals surface area contributed by atoms with E-state index in [1.54, 1.807) is 4.90 Å². The average Bonchev–Trinajstić information content (AvgIpc) is 2.55. The van der Waals surface area contributed by atoms with Gasteiger partial charge in [0.25, 0.3) is 0 Å². The number of nitrogens with zero attached hydrogens (tertiary/aromatic N) is 2. The van der Waals surface area contributed by atoms with Crippen molar-refractivity contribution in [3.8, 4) is 6.07 Å². The fourth-order valence-electron chi connectivity index (χ4n) is 1.83. The van der Waals surface area contributed by atoms with E-state index in [2.05, 4.69) is 6.07 Å². The van der Waals surface area contributed by atoms with Gasteiger partial charge in [0.2, 0.25) is 0 Å². The largest absolute Gasteiger partial charge is 0.480 e. The zero-order valence-electron chi connectivity index (χ0n) is 7.73. The highest BCUT2D eigenvalue weighted by Gasteiger charge is 2.34. The highest BCUT2D eigenvalue weighted by Crippen LogP contribution is 2.21. The van der Waals surface area contributed by atoms with Crippen molar-refractivity contribution in [3.63, 3.8) is 0 Å². The van der Waals surface area contributed by atoms with E-state index in [9.17, 15) is 4.79 Å². The quantitative estimate of drug-likeness (QED) is 0.702. The Kier molecular flexibility index (Phi) is 3.26. The number of nitriles is 1. The Hall–Kier alpha value is -1.08. The van der Waals surface area contributed by atoms with Crippen LogP contribution in [0.25, 0.3) is 0 Å². The monoisotopic (exact) mass is 182 g/mol. The number of hydrogen-bond acceptors (Lipinski definition) is 3. The molecule has 13 heavy (non-hydrogen) atoms. The molecule has 0 aromatic carbocycles. The molecule has 4 nitrogen and oxygen atoms in total. The van der Waals surface area contributed by atoms with E-state index in [1.165, 1.54) is 0 Å². The van der Waals surface area contributed by atoms with Crippen LogP contribution in [0, 0.1) is 11.3 Å². The lowest BCUT2D eigenvalue weighted by Gasteiger charge is -2.24. The van der Waals surface area contributed by atoms with Gasteiger partial charge in [-0.15, -0.1) is 0 Å². The molecule has 0 radical (unpaired) electrons. The first kappa shape index (κ1) is 10.0. The molecule has 1 saturated heterocycles. The van der Waals surface area contributed by atoms with Crippen LogP contribution < -0.4 is 0 Å². The van der Waals surface area contributed by atoms with Crippen LogP contribution in [0.1, 0.15) is 26.2 Å². The van der Waals surface area contributed by atoms with Gasteiger partial charge in [0.15, 0.2) is 0 Å². The smallest absolute Gasteiger partial charge is 0.320 e. The SMILES string of the molecule is CCC(C#N)N1CCCC1C(=O)O. The molecule has 1 rings (SSSR count). The zero-order chi connectivity index (χ0) is 9.84. The van der Waals surface area contributed by atoms with Gasteiger partial charge in [-0.2, -0.15) is 5.26 Å². The first-order valence-corrected chi connectivity index (χ1v) is 4.58. The van der Waals surface area contributed by atoms with Gasteiger partial charge in [0.1, 0.15) is 6.04 Å². The highest BCUT2D eigenvalue weighted by atomic mass is 16.4. The van der Waals surface area contributed by atoms with Gasteiger partial charge < -0.3 is 5.11 Å². The van der Waals surface area contributed by atoms with E-state index in [1.807, 2.05) is 6.92 Å². The molecule has 1 aliphatic rings. The molecule has 0 aromatic rings. The van der Waals surface area contributed by atoms with Gasteiger partial charge in [-0.25, -0.2) is 0 Å². The molecule has 1 fully saturated rings. The maximum absolute atomic E-state index is 10.8. The summed E-state index contributed by atoms with van der Waals surface area (Å²) in [7, 11) is 0. The molecule has 4 heteroatoms. The minimum Gasteiger partial charge on any atom is -0.480 e. The Morgan fingerprint density at radius 3 is 3.00 bits per heavy atom. The van der Waals surface area contributed by atoms with Crippen molar-refractivity contribution in [2.45, 2.75) is 38.3 Å². The van der Waals surface area contributed by atoms with Crippen LogP contribution in [-0.2, 0) is 4.79 Å². The predicted octanol–water partition coefficient (Wildman–Crippen LogP) is 0.838. The van der Waals surface area contributed by atoms with Crippen molar-refractivity contribution < 1.29 is 9.90 Å². The molecule has 2 unspecified atom stereocenters. The summed E-state index contributed by atoms with van der Waals surface area (Å²) in [5, 5.41) is 17.7. The molecule has 0 bridgehead atoms. The van der Waals surface area contributed by atoms with Crippen LogP contribution in [0.4, 0.5) is 0 Å². The highest BCUT2D eigenvalue weighted by molar-refractivity contribution is 5.73. The second-order valence-corrected chi connectivity index (χ2v) is 3.29. The van der Waals surface area contributed by atoms with E-state index in [4.69, 9.17) is 10.4 Å². The van der Waals surface area contributed by atoms with Crippen LogP contribution in [-0.4, -0.2) is 34.6 Å². The minimum absolute atomic E-state index is 0.233. The third-order valence-corrected chi connectivity index (χ3v) is 2.52. The number of carbonyl (C=O) groups is 1. The summed E-state index contributed by atoms with van der Waals surface area (Å²) in [4.78, 5) is 12.6. The molecule has 0 saturated carbocycles. The van der Waals surface area contributed by atoms with E-state index >= 15 is 0 Å². The van der Waals surface area contributed by atoms with E-state index in [-0.39, 0.29) is 6.04 Å². The van der Waals surface area contributed by atoms with Crippen molar-refractivity contribution in [2.24, 2.45) is 0 Å². The average molecular weight is 182 g/mol. The molecule has 72 valence electrons. The number of aliphatic carboxylic acids is 1. The standard InChI is InChI=1S/C9H14N2O2/c1-2-7(6-10)11-5-3-4-8(11)9(12)13/h7-8H,2-5H2,1H3,(H,12,13). The number of carboxylic acid groups (broad SMARTS) is 1. The van der Waals surface area contributed by atoms with Gasteiger partial charge in [0, 0.05) is 6.54 Å². The van der Waals surface area contributed by atoms with Crippen molar-refractivity contribution in [3.05, 3.63) is 0 Å². The van der Waals surface area contributed by atoms with Crippen molar-refractivity contribution in [1.82, 2.24) is 4.90 Å². The van der Waals surface area contributed by atoms with Crippen LogP contribution in [0.3, 0.4) is 0 Å². The number of likely N-dealkylation sites (tertiary alicyclic amines) is 1. The lowest BCUT2D eigenvalue weighted by Crippen LogP contribution is -2.42. The molecule has 1 N–H and O–H groups in total. The van der Waals surface area contributed by atoms with Gasteiger partial charge in [0.05, 0.1) is 12.1 Å². The number of carboxylic acids is 1. The molecule has 0 aliphatic carbocycles. The van der Waals surface area contributed by atoms with Gasteiger partial charge in [-0.05, 0) is 19.3 Å². The molecular weight excluding hydrogens is 168 g/mol. The summed E-state index contributed by atoms with van der Waals surface area (Å²) >= 11 is 0. The summed E-state index contributed by atoms with van der Waals surface area (Å²) in [5.41, 5.74) is 0. The molecule has 0 amide bonds. The van der Waals surface area contributed by atoms with Gasteiger partial charge in [-0.1, -0.05) is 6.92 Å². The van der Waals surface area contributed by atoms with Crippen LogP contribution in [0.15, 0.2) is 0 Å². The third kappa shape index (κ3) is 1.99. The second-order valence-electron chi connectivity index (χ2n) is 3.29. The van der Waals surface area contributed by atoms with E-state index < -0.39 is 12.0 Å². The van der Waals surface area contributed by atoms with Crippen LogP contribution in [0.5, 0.6) is 0 Å². The van der Waals surface area contributed by atoms with Crippen molar-refractivity contribution in [1.29, 1.82) is 5.26 Å². The first-order valence-electron chi connectivity index (χ1n) is 4.58. The first-order chi connectivity index (χ1) is 6.20. The lowest BCUT2D eigenvalue weighted by atomic mass is 10.1. The Morgan fingerprint density at radius 1 is 1.85 bits per heavy atom. The Labute approximate surface area is 77.8 Å². The fourth-order valence-corrected chi connectivity index (χ4v) is 1.83. The molecule has 1 heterocycles. The lowest BCUT2D eigenvalue weighted by molar-refractivity contribution is -0.142. The maximum Gasteiger partial charge on any atom is 0.320 e. The molecule has 0 aromatic heterocycles. The number of rotatable bonds is 3. The van der Waals surface area contributed by atoms with E-state index in [0.717, 1.165) is 13.0 Å². The molecule has 1 aliphatic heterocycles. The summed E-state index contributed by atoms with van der Waals surface area (Å²) in [5.74, 6) is -0.800. The topological polar surface area (TPSA) is 64.3 Å². The second kappa shape index (κ2) is 4.24. The van der Waals surface area contributed by atoms with Crippen molar-refractivity contribution >= 4 is 5.97 Å². The van der Waals surface area contributed by atoms with Crippen LogP contribution >= 0.6 is 0 Å². The summed E-state index contributed by atoms with van der Waals surface area (Å²) in [6.45, 7) is 2.65. The maximum atomic E-state index is 10.8. The summed E-state index contributed by atoms with van der Waals surface area (Å²) in [6.07, 6.45) is 2.25. The molecule has 2 atom stereocenters. The summed E-state index contributed by atoms with van der Waals surface area (Å²) in [6, 6.07) is 1.47. The summed E-state index contributed by atoms with van der Waals surface area (Å²) < 4.78 is 0. The zero-order valence-corrected chi connectivity index (χ0v) is 7.73. The van der Waals surface area contributed by atoms with Crippen LogP contribution in [0.2, 0.25) is 0 Å².